The topological polar surface area (TPSA) is 98.2 Å². The van der Waals surface area contributed by atoms with Crippen molar-refractivity contribution < 1.29 is 4.79 Å². The lowest BCUT2D eigenvalue weighted by Gasteiger charge is -2.05. The molecule has 0 fully saturated rings. The zero-order valence-corrected chi connectivity index (χ0v) is 17.1. The van der Waals surface area contributed by atoms with Crippen LogP contribution in [-0.4, -0.2) is 32.1 Å². The summed E-state index contributed by atoms with van der Waals surface area (Å²) in [6.45, 7) is 1.91. The van der Waals surface area contributed by atoms with Crippen molar-refractivity contribution >= 4 is 40.0 Å². The average Bonchev–Trinajstić information content (AvgIpc) is 3.15. The van der Waals surface area contributed by atoms with Gasteiger partial charge in [-0.25, -0.2) is 10.1 Å². The number of nitrogen functional groups attached to an aromatic ring is 1. The van der Waals surface area contributed by atoms with Gasteiger partial charge in [-0.2, -0.15) is 5.10 Å². The van der Waals surface area contributed by atoms with Crippen LogP contribution in [0.5, 0.6) is 0 Å². The molecule has 3 N–H and O–H groups in total. The van der Waals surface area contributed by atoms with E-state index in [2.05, 4.69) is 45.0 Å². The van der Waals surface area contributed by atoms with Crippen LogP contribution in [0, 0.1) is 0 Å². The number of carbonyl (C=O) groups excluding carboxylic acids is 1. The van der Waals surface area contributed by atoms with E-state index < -0.39 is 0 Å². The van der Waals surface area contributed by atoms with E-state index in [0.717, 1.165) is 16.7 Å². The molecule has 4 rings (SSSR count). The number of hydrogen-bond acceptors (Lipinski definition) is 7. The van der Waals surface area contributed by atoms with E-state index in [-0.39, 0.29) is 11.5 Å². The number of Topliss-reactive ketones (excluding diaryl/α,β-unsaturated/α-hetero) is 1. The second-order valence-corrected chi connectivity index (χ2v) is 7.57. The molecule has 3 aromatic carbocycles. The van der Waals surface area contributed by atoms with Gasteiger partial charge in [0.1, 0.15) is 0 Å². The highest BCUT2D eigenvalue weighted by Crippen LogP contribution is 2.19. The number of fused-ring (bicyclic) bond motifs is 1. The maximum atomic E-state index is 12.2. The number of rotatable bonds is 7. The Balaban J connectivity index is 1.42. The highest BCUT2D eigenvalue weighted by atomic mass is 32.2. The van der Waals surface area contributed by atoms with E-state index in [1.54, 1.807) is 12.1 Å². The minimum absolute atomic E-state index is 0.00304. The van der Waals surface area contributed by atoms with Crippen molar-refractivity contribution in [3.63, 3.8) is 0 Å². The smallest absolute Gasteiger partial charge is 0.264 e. The molecule has 150 valence electrons. The fourth-order valence-corrected chi connectivity index (χ4v) is 3.65. The summed E-state index contributed by atoms with van der Waals surface area (Å²) in [6.07, 6.45) is 0. The van der Waals surface area contributed by atoms with Crippen LogP contribution in [-0.2, 0) is 0 Å². The number of thioether (sulfide) groups is 1. The molecule has 0 spiro atoms. The van der Waals surface area contributed by atoms with Gasteiger partial charge in [0.15, 0.2) is 5.78 Å². The van der Waals surface area contributed by atoms with Crippen LogP contribution in [0.2, 0.25) is 0 Å². The molecule has 0 saturated carbocycles. The molecule has 0 unspecified atom stereocenters. The predicted octanol–water partition coefficient (Wildman–Crippen LogP) is 3.96. The Labute approximate surface area is 178 Å². The summed E-state index contributed by atoms with van der Waals surface area (Å²) >= 11 is 1.23. The fourth-order valence-electron chi connectivity index (χ4n) is 2.90. The monoisotopic (exact) mass is 416 g/mol. The number of nitrogens with two attached hydrogens (primary N) is 1. The Morgan fingerprint density at radius 2 is 1.73 bits per heavy atom. The molecule has 0 aliphatic rings. The van der Waals surface area contributed by atoms with Crippen molar-refractivity contribution in [1.29, 1.82) is 0 Å². The van der Waals surface area contributed by atoms with Crippen molar-refractivity contribution in [2.75, 3.05) is 17.0 Å². The lowest BCUT2D eigenvalue weighted by atomic mass is 10.0. The molecule has 0 aliphatic carbocycles. The number of ketones is 1. The molecule has 0 radical (unpaired) electrons. The largest absolute Gasteiger partial charge is 0.334 e. The van der Waals surface area contributed by atoms with Gasteiger partial charge < -0.3 is 5.84 Å². The number of carbonyl (C=O) groups is 1. The molecule has 0 aliphatic heterocycles. The normalized spacial score (nSPS) is 11.6. The molecule has 0 saturated heterocycles. The molecule has 4 aromatic rings. The molecule has 0 amide bonds. The standard InChI is InChI=1S/C22H20N6OS/c1-15(18-12-11-16-7-5-6-10-19(16)13-18)24-25-21-26-27-22(28(21)23)30-14-20(29)17-8-3-2-4-9-17/h2-13H,14,23H2,1H3,(H,25,26)/b24-15+. The van der Waals surface area contributed by atoms with Crippen LogP contribution >= 0.6 is 11.8 Å². The van der Waals surface area contributed by atoms with Gasteiger partial charge in [-0.1, -0.05) is 78.5 Å². The highest BCUT2D eigenvalue weighted by molar-refractivity contribution is 7.99. The molecule has 30 heavy (non-hydrogen) atoms. The first-order valence-corrected chi connectivity index (χ1v) is 10.3. The number of benzene rings is 3. The maximum absolute atomic E-state index is 12.2. The molecule has 0 bridgehead atoms. The molecule has 1 heterocycles. The number of hydrogen-bond donors (Lipinski definition) is 2. The van der Waals surface area contributed by atoms with E-state index in [4.69, 9.17) is 5.84 Å². The molecular formula is C22H20N6OS. The highest BCUT2D eigenvalue weighted by Gasteiger charge is 2.13. The van der Waals surface area contributed by atoms with E-state index >= 15 is 0 Å². The van der Waals surface area contributed by atoms with Crippen molar-refractivity contribution in [2.24, 2.45) is 5.10 Å². The molecule has 7 nitrogen and oxygen atoms in total. The first-order chi connectivity index (χ1) is 14.6. The third-order valence-corrected chi connectivity index (χ3v) is 5.53. The van der Waals surface area contributed by atoms with Gasteiger partial charge in [0.2, 0.25) is 5.16 Å². The van der Waals surface area contributed by atoms with Gasteiger partial charge in [0.05, 0.1) is 11.5 Å². The van der Waals surface area contributed by atoms with Gasteiger partial charge in [0, 0.05) is 5.56 Å². The van der Waals surface area contributed by atoms with Crippen LogP contribution in [0.3, 0.4) is 0 Å². The van der Waals surface area contributed by atoms with Gasteiger partial charge in [-0.05, 0) is 29.3 Å². The molecular weight excluding hydrogens is 396 g/mol. The lowest BCUT2D eigenvalue weighted by Crippen LogP contribution is -2.14. The zero-order valence-electron chi connectivity index (χ0n) is 16.3. The summed E-state index contributed by atoms with van der Waals surface area (Å²) < 4.78 is 1.29. The maximum Gasteiger partial charge on any atom is 0.264 e. The van der Waals surface area contributed by atoms with Gasteiger partial charge >= 0.3 is 0 Å². The third-order valence-electron chi connectivity index (χ3n) is 4.58. The number of aromatic nitrogens is 3. The van der Waals surface area contributed by atoms with Gasteiger partial charge in [0.25, 0.3) is 5.95 Å². The van der Waals surface area contributed by atoms with Crippen molar-refractivity contribution in [2.45, 2.75) is 12.1 Å². The SMILES string of the molecule is C/C(=N\Nc1nnc(SCC(=O)c2ccccc2)n1N)c1ccc2ccccc2c1. The second kappa shape index (κ2) is 8.79. The summed E-state index contributed by atoms with van der Waals surface area (Å²) in [6, 6.07) is 23.4. The Hall–Kier alpha value is -3.65. The summed E-state index contributed by atoms with van der Waals surface area (Å²) in [5, 5.41) is 15.2. The van der Waals surface area contributed by atoms with E-state index in [0.29, 0.717) is 16.7 Å². The third kappa shape index (κ3) is 4.33. The number of nitrogens with zero attached hydrogens (tertiary/aromatic N) is 4. The van der Waals surface area contributed by atoms with Crippen molar-refractivity contribution in [3.05, 3.63) is 83.9 Å². The summed E-state index contributed by atoms with van der Waals surface area (Å²) in [5.74, 6) is 6.58. The van der Waals surface area contributed by atoms with Crippen LogP contribution in [0.15, 0.2) is 83.1 Å². The first-order valence-electron chi connectivity index (χ1n) is 9.33. The zero-order chi connectivity index (χ0) is 20.9. The Bertz CT molecular complexity index is 1220. The van der Waals surface area contributed by atoms with Crippen LogP contribution < -0.4 is 11.3 Å². The quantitative estimate of drug-likeness (QED) is 0.156. The van der Waals surface area contributed by atoms with Crippen molar-refractivity contribution in [1.82, 2.24) is 14.9 Å². The van der Waals surface area contributed by atoms with Crippen LogP contribution in [0.1, 0.15) is 22.8 Å². The summed E-state index contributed by atoms with van der Waals surface area (Å²) in [5.41, 5.74) is 5.29. The molecule has 8 heteroatoms. The average molecular weight is 417 g/mol. The second-order valence-electron chi connectivity index (χ2n) is 6.63. The molecule has 1 aromatic heterocycles. The number of hydrazone groups is 1. The summed E-state index contributed by atoms with van der Waals surface area (Å²) in [4.78, 5) is 12.2. The predicted molar refractivity (Wildman–Crippen MR) is 121 cm³/mol. The first kappa shape index (κ1) is 19.7. The minimum atomic E-state index is 0.00304. The van der Waals surface area contributed by atoms with Crippen LogP contribution in [0.4, 0.5) is 5.95 Å². The Morgan fingerprint density at radius 1 is 1.00 bits per heavy atom. The van der Waals surface area contributed by atoms with E-state index in [9.17, 15) is 4.79 Å². The molecule has 0 atom stereocenters. The van der Waals surface area contributed by atoms with E-state index in [1.165, 1.54) is 21.8 Å². The van der Waals surface area contributed by atoms with Gasteiger partial charge in [-0.15, -0.1) is 10.2 Å². The summed E-state index contributed by atoms with van der Waals surface area (Å²) in [7, 11) is 0. The van der Waals surface area contributed by atoms with Crippen LogP contribution in [0.25, 0.3) is 10.8 Å². The minimum Gasteiger partial charge on any atom is -0.334 e. The number of anilines is 1. The lowest BCUT2D eigenvalue weighted by molar-refractivity contribution is 0.102. The van der Waals surface area contributed by atoms with E-state index in [1.807, 2.05) is 43.3 Å². The Morgan fingerprint density at radius 3 is 2.53 bits per heavy atom. The van der Waals surface area contributed by atoms with Gasteiger partial charge in [-0.3, -0.25) is 4.79 Å². The van der Waals surface area contributed by atoms with Crippen molar-refractivity contribution in [3.8, 4) is 0 Å². The number of nitrogens with one attached hydrogen (secondary N) is 1. The fraction of sp³-hybridized carbons (Fsp3) is 0.0909. The Kier molecular flexibility index (Phi) is 5.76.